The molecular weight excluding hydrogens is 299 g/mol. The van der Waals surface area contributed by atoms with Crippen LogP contribution in [-0.2, 0) is 11.0 Å². The third-order valence-corrected chi connectivity index (χ3v) is 3.05. The fourth-order valence-electron chi connectivity index (χ4n) is 1.90. The quantitative estimate of drug-likeness (QED) is 0.868. The second-order valence-corrected chi connectivity index (χ2v) is 4.74. The number of nitrogens with one attached hydrogen (secondary N) is 1. The van der Waals surface area contributed by atoms with Crippen molar-refractivity contribution in [2.45, 2.75) is 25.6 Å². The van der Waals surface area contributed by atoms with Gasteiger partial charge in [0.15, 0.2) is 0 Å². The summed E-state index contributed by atoms with van der Waals surface area (Å²) < 4.78 is 38.6. The molecule has 0 aliphatic carbocycles. The first-order valence-electron chi connectivity index (χ1n) is 6.31. The summed E-state index contributed by atoms with van der Waals surface area (Å²) >= 11 is 0. The van der Waals surface area contributed by atoms with Gasteiger partial charge < -0.3 is 11.1 Å². The number of carbonyl (C=O) groups excluding carboxylic acids is 2. The minimum absolute atomic E-state index is 0.0746. The molecule has 0 heterocycles. The third-order valence-electron chi connectivity index (χ3n) is 3.05. The largest absolute Gasteiger partial charge is 0.417 e. The maximum absolute atomic E-state index is 12.9. The fraction of sp³-hybridized carbons (Fsp3) is 0.357. The Morgan fingerprint density at radius 1 is 1.36 bits per heavy atom. The number of nitrogens with two attached hydrogens (primary N) is 1. The van der Waals surface area contributed by atoms with Crippen molar-refractivity contribution in [2.75, 3.05) is 0 Å². The van der Waals surface area contributed by atoms with E-state index in [2.05, 4.69) is 5.32 Å². The van der Waals surface area contributed by atoms with Gasteiger partial charge in [-0.3, -0.25) is 9.59 Å². The van der Waals surface area contributed by atoms with Crippen LogP contribution in [0.15, 0.2) is 24.3 Å². The Labute approximate surface area is 124 Å². The van der Waals surface area contributed by atoms with Gasteiger partial charge in [-0.2, -0.15) is 18.4 Å². The molecule has 0 unspecified atom stereocenters. The first-order valence-corrected chi connectivity index (χ1v) is 6.31. The van der Waals surface area contributed by atoms with Gasteiger partial charge in [-0.05, 0) is 18.1 Å². The SMILES string of the molecule is C[C@@H](CC#N)[C@@H](NC(=O)c1ccccc1C(F)(F)F)C(N)=O. The first-order chi connectivity index (χ1) is 10.2. The van der Waals surface area contributed by atoms with Gasteiger partial charge >= 0.3 is 6.18 Å². The van der Waals surface area contributed by atoms with Crippen LogP contribution < -0.4 is 11.1 Å². The summed E-state index contributed by atoms with van der Waals surface area (Å²) in [5, 5.41) is 10.8. The number of hydrogen-bond acceptors (Lipinski definition) is 3. The first kappa shape index (κ1) is 17.5. The van der Waals surface area contributed by atoms with Crippen LogP contribution in [0.5, 0.6) is 0 Å². The predicted molar refractivity (Wildman–Crippen MR) is 71.3 cm³/mol. The van der Waals surface area contributed by atoms with E-state index in [1.165, 1.54) is 13.0 Å². The van der Waals surface area contributed by atoms with E-state index in [1.54, 1.807) is 0 Å². The van der Waals surface area contributed by atoms with Crippen LogP contribution in [0.3, 0.4) is 0 Å². The summed E-state index contributed by atoms with van der Waals surface area (Å²) in [5.74, 6) is -2.60. The molecule has 0 aromatic heterocycles. The zero-order valence-electron chi connectivity index (χ0n) is 11.6. The summed E-state index contributed by atoms with van der Waals surface area (Å²) in [6.45, 7) is 1.49. The normalized spacial score (nSPS) is 13.8. The van der Waals surface area contributed by atoms with Crippen molar-refractivity contribution in [2.24, 2.45) is 11.7 Å². The second kappa shape index (κ2) is 6.93. The lowest BCUT2D eigenvalue weighted by Crippen LogP contribution is -2.48. The van der Waals surface area contributed by atoms with Crippen LogP contribution in [0, 0.1) is 17.2 Å². The molecule has 0 radical (unpaired) electrons. The van der Waals surface area contributed by atoms with Crippen molar-refractivity contribution in [3.63, 3.8) is 0 Å². The van der Waals surface area contributed by atoms with Crippen LogP contribution >= 0.6 is 0 Å². The zero-order valence-corrected chi connectivity index (χ0v) is 11.6. The maximum Gasteiger partial charge on any atom is 0.417 e. The smallest absolute Gasteiger partial charge is 0.368 e. The van der Waals surface area contributed by atoms with Gasteiger partial charge in [0, 0.05) is 6.42 Å². The molecule has 3 N–H and O–H groups in total. The van der Waals surface area contributed by atoms with Gasteiger partial charge in [-0.1, -0.05) is 19.1 Å². The Bertz CT molecular complexity index is 608. The average Bonchev–Trinajstić information content (AvgIpc) is 2.43. The molecule has 0 saturated carbocycles. The lowest BCUT2D eigenvalue weighted by atomic mass is 9.97. The molecule has 0 spiro atoms. The van der Waals surface area contributed by atoms with Crippen molar-refractivity contribution in [1.29, 1.82) is 5.26 Å². The molecule has 1 aromatic carbocycles. The van der Waals surface area contributed by atoms with Gasteiger partial charge in [-0.15, -0.1) is 0 Å². The molecule has 5 nitrogen and oxygen atoms in total. The number of benzene rings is 1. The average molecular weight is 313 g/mol. The standard InChI is InChI=1S/C14H14F3N3O2/c1-8(6-7-18)11(12(19)21)20-13(22)9-4-2-3-5-10(9)14(15,16)17/h2-5,8,11H,6H2,1H3,(H2,19,21)(H,20,22)/t8-,11+/m0/s1. The number of primary amides is 1. The summed E-state index contributed by atoms with van der Waals surface area (Å²) in [5.41, 5.74) is 3.42. The number of hydrogen-bond donors (Lipinski definition) is 2. The second-order valence-electron chi connectivity index (χ2n) is 4.74. The highest BCUT2D eigenvalue weighted by Gasteiger charge is 2.36. The van der Waals surface area contributed by atoms with E-state index in [-0.39, 0.29) is 6.42 Å². The molecule has 8 heteroatoms. The lowest BCUT2D eigenvalue weighted by Gasteiger charge is -2.21. The van der Waals surface area contributed by atoms with Crippen LogP contribution in [0.1, 0.15) is 29.3 Å². The number of carbonyl (C=O) groups is 2. The fourth-order valence-corrected chi connectivity index (χ4v) is 1.90. The molecule has 1 rings (SSSR count). The Morgan fingerprint density at radius 3 is 2.45 bits per heavy atom. The molecule has 0 bridgehead atoms. The van der Waals surface area contributed by atoms with Crippen molar-refractivity contribution in [1.82, 2.24) is 5.32 Å². The minimum Gasteiger partial charge on any atom is -0.368 e. The van der Waals surface area contributed by atoms with Crippen molar-refractivity contribution >= 4 is 11.8 Å². The van der Waals surface area contributed by atoms with Gasteiger partial charge in [0.1, 0.15) is 6.04 Å². The number of rotatable bonds is 5. The van der Waals surface area contributed by atoms with E-state index in [0.29, 0.717) is 0 Å². The van der Waals surface area contributed by atoms with E-state index >= 15 is 0 Å². The van der Waals surface area contributed by atoms with E-state index < -0.39 is 41.1 Å². The number of amides is 2. The number of alkyl halides is 3. The number of nitriles is 1. The van der Waals surface area contributed by atoms with Crippen LogP contribution in [0.2, 0.25) is 0 Å². The Morgan fingerprint density at radius 2 is 1.95 bits per heavy atom. The van der Waals surface area contributed by atoms with E-state index in [9.17, 15) is 22.8 Å². The maximum atomic E-state index is 12.9. The highest BCUT2D eigenvalue weighted by atomic mass is 19.4. The highest BCUT2D eigenvalue weighted by Crippen LogP contribution is 2.31. The van der Waals surface area contributed by atoms with E-state index in [0.717, 1.165) is 18.2 Å². The van der Waals surface area contributed by atoms with Gasteiger partial charge in [0.05, 0.1) is 17.2 Å². The third kappa shape index (κ3) is 4.22. The summed E-state index contributed by atoms with van der Waals surface area (Å²) in [6, 6.07) is 4.80. The molecule has 0 aliphatic rings. The van der Waals surface area contributed by atoms with Crippen LogP contribution in [0.4, 0.5) is 13.2 Å². The zero-order chi connectivity index (χ0) is 16.9. The summed E-state index contributed by atoms with van der Waals surface area (Å²) in [7, 11) is 0. The number of halogens is 3. The monoisotopic (exact) mass is 313 g/mol. The lowest BCUT2D eigenvalue weighted by molar-refractivity contribution is -0.137. The molecular formula is C14H14F3N3O2. The summed E-state index contributed by atoms with van der Waals surface area (Å²) in [4.78, 5) is 23.4. The molecule has 22 heavy (non-hydrogen) atoms. The highest BCUT2D eigenvalue weighted by molar-refractivity contribution is 5.98. The van der Waals surface area contributed by atoms with Crippen LogP contribution in [0.25, 0.3) is 0 Å². The number of nitrogens with zero attached hydrogens (tertiary/aromatic N) is 1. The van der Waals surface area contributed by atoms with E-state index in [1.807, 2.05) is 6.07 Å². The Hall–Kier alpha value is -2.56. The molecule has 2 atom stereocenters. The van der Waals surface area contributed by atoms with Gasteiger partial charge in [0.2, 0.25) is 5.91 Å². The van der Waals surface area contributed by atoms with Gasteiger partial charge in [0.25, 0.3) is 5.91 Å². The van der Waals surface area contributed by atoms with Crippen LogP contribution in [-0.4, -0.2) is 17.9 Å². The van der Waals surface area contributed by atoms with Crippen molar-refractivity contribution < 1.29 is 22.8 Å². The summed E-state index contributed by atoms with van der Waals surface area (Å²) in [6.07, 6.45) is -4.77. The minimum atomic E-state index is -4.70. The molecule has 0 fully saturated rings. The Balaban J connectivity index is 3.07. The Kier molecular flexibility index (Phi) is 5.51. The van der Waals surface area contributed by atoms with Crippen molar-refractivity contribution in [3.8, 4) is 6.07 Å². The molecule has 2 amide bonds. The van der Waals surface area contributed by atoms with Crippen molar-refractivity contribution in [3.05, 3.63) is 35.4 Å². The molecule has 118 valence electrons. The van der Waals surface area contributed by atoms with E-state index in [4.69, 9.17) is 11.0 Å². The predicted octanol–water partition coefficient (Wildman–Crippen LogP) is 1.84. The van der Waals surface area contributed by atoms with Gasteiger partial charge in [-0.25, -0.2) is 0 Å². The molecule has 1 aromatic rings. The molecule has 0 saturated heterocycles. The topological polar surface area (TPSA) is 96.0 Å². The molecule has 0 aliphatic heterocycles.